The minimum Gasteiger partial charge on any atom is -0.451 e. The number of aromatic nitrogens is 5. The standard InChI is InChI=1S/C21H17FN6O5S/c1-26-16(23)15(19(30)27(2)21(26)32)13(29)10-33-20(31)17-24-18(14-4-3-9-34-14)28(25-17)12-7-5-11(22)6-8-12/h3-9H,10,23H2,1-2H3. The van der Waals surface area contributed by atoms with E-state index >= 15 is 0 Å². The number of carbonyl (C=O) groups is 2. The van der Waals surface area contributed by atoms with E-state index in [1.165, 1.54) is 54.4 Å². The van der Waals surface area contributed by atoms with Crippen LogP contribution in [0.3, 0.4) is 0 Å². The monoisotopic (exact) mass is 484 g/mol. The molecule has 0 radical (unpaired) electrons. The number of ketones is 1. The molecule has 0 spiro atoms. The summed E-state index contributed by atoms with van der Waals surface area (Å²) in [5.74, 6) is -2.72. The smallest absolute Gasteiger partial charge is 0.378 e. The quantitative estimate of drug-likeness (QED) is 0.317. The summed E-state index contributed by atoms with van der Waals surface area (Å²) in [6.45, 7) is -0.824. The van der Waals surface area contributed by atoms with E-state index in [1.54, 1.807) is 12.1 Å². The number of hydrogen-bond acceptors (Lipinski definition) is 9. The second kappa shape index (κ2) is 8.86. The van der Waals surface area contributed by atoms with E-state index in [4.69, 9.17) is 10.5 Å². The largest absolute Gasteiger partial charge is 0.451 e. The van der Waals surface area contributed by atoms with E-state index in [2.05, 4.69) is 10.1 Å². The summed E-state index contributed by atoms with van der Waals surface area (Å²) >= 11 is 1.35. The van der Waals surface area contributed by atoms with Gasteiger partial charge in [-0.2, -0.15) is 4.98 Å². The minimum absolute atomic E-state index is 0.316. The van der Waals surface area contributed by atoms with Crippen LogP contribution in [0.2, 0.25) is 0 Å². The number of halogens is 1. The van der Waals surface area contributed by atoms with Crippen molar-refractivity contribution in [2.45, 2.75) is 0 Å². The third-order valence-corrected chi connectivity index (χ3v) is 5.79. The fourth-order valence-electron chi connectivity index (χ4n) is 3.12. The highest BCUT2D eigenvalue weighted by atomic mass is 32.1. The zero-order valence-electron chi connectivity index (χ0n) is 17.9. The number of ether oxygens (including phenoxy) is 1. The number of anilines is 1. The van der Waals surface area contributed by atoms with Gasteiger partial charge in [0.25, 0.3) is 11.4 Å². The van der Waals surface area contributed by atoms with Gasteiger partial charge >= 0.3 is 11.7 Å². The lowest BCUT2D eigenvalue weighted by Crippen LogP contribution is -2.42. The first-order chi connectivity index (χ1) is 16.2. The molecule has 0 aliphatic heterocycles. The zero-order valence-corrected chi connectivity index (χ0v) is 18.7. The summed E-state index contributed by atoms with van der Waals surface area (Å²) in [5.41, 5.74) is 4.14. The van der Waals surface area contributed by atoms with Gasteiger partial charge in [-0.25, -0.2) is 18.7 Å². The van der Waals surface area contributed by atoms with Gasteiger partial charge in [0.2, 0.25) is 5.78 Å². The van der Waals surface area contributed by atoms with Crippen LogP contribution in [-0.4, -0.2) is 42.3 Å². The van der Waals surface area contributed by atoms with Crippen LogP contribution in [-0.2, 0) is 18.8 Å². The molecule has 13 heteroatoms. The molecule has 174 valence electrons. The number of hydrogen-bond donors (Lipinski definition) is 1. The maximum absolute atomic E-state index is 13.4. The number of rotatable bonds is 6. The summed E-state index contributed by atoms with van der Waals surface area (Å²) in [6, 6.07) is 8.98. The number of nitrogens with zero attached hydrogens (tertiary/aromatic N) is 5. The molecule has 34 heavy (non-hydrogen) atoms. The summed E-state index contributed by atoms with van der Waals surface area (Å²) in [6.07, 6.45) is 0. The van der Waals surface area contributed by atoms with E-state index in [1.807, 2.05) is 5.38 Å². The van der Waals surface area contributed by atoms with Gasteiger partial charge in [0.05, 0.1) is 10.6 Å². The van der Waals surface area contributed by atoms with Gasteiger partial charge in [0, 0.05) is 14.1 Å². The molecular weight excluding hydrogens is 467 g/mol. The lowest BCUT2D eigenvalue weighted by Gasteiger charge is -2.10. The fourth-order valence-corrected chi connectivity index (χ4v) is 3.81. The van der Waals surface area contributed by atoms with Crippen molar-refractivity contribution in [1.82, 2.24) is 23.9 Å². The Kier molecular flexibility index (Phi) is 5.94. The van der Waals surface area contributed by atoms with Crippen LogP contribution < -0.4 is 17.0 Å². The number of thiophene rings is 1. The van der Waals surface area contributed by atoms with Crippen LogP contribution in [0.5, 0.6) is 0 Å². The first-order valence-corrected chi connectivity index (χ1v) is 10.6. The number of benzene rings is 1. The van der Waals surface area contributed by atoms with Gasteiger partial charge in [-0.3, -0.25) is 18.7 Å². The molecule has 4 rings (SSSR count). The average molecular weight is 484 g/mol. The molecule has 0 atom stereocenters. The Hall–Kier alpha value is -4.39. The molecule has 11 nitrogen and oxygen atoms in total. The molecule has 0 unspecified atom stereocenters. The lowest BCUT2D eigenvalue weighted by atomic mass is 10.2. The lowest BCUT2D eigenvalue weighted by molar-refractivity contribution is 0.0462. The number of nitrogens with two attached hydrogens (primary N) is 1. The van der Waals surface area contributed by atoms with Crippen LogP contribution >= 0.6 is 11.3 Å². The molecule has 2 N–H and O–H groups in total. The van der Waals surface area contributed by atoms with E-state index < -0.39 is 41.0 Å². The van der Waals surface area contributed by atoms with Crippen LogP contribution in [0.4, 0.5) is 10.2 Å². The molecule has 0 aliphatic carbocycles. The van der Waals surface area contributed by atoms with Crippen molar-refractivity contribution in [2.75, 3.05) is 12.3 Å². The maximum Gasteiger partial charge on any atom is 0.378 e. The first-order valence-electron chi connectivity index (χ1n) is 9.71. The van der Waals surface area contributed by atoms with Crippen LogP contribution in [0.1, 0.15) is 21.0 Å². The number of nitrogen functional groups attached to an aromatic ring is 1. The highest BCUT2D eigenvalue weighted by Gasteiger charge is 2.24. The SMILES string of the molecule is Cn1c(N)c(C(=O)COC(=O)c2nc(-c3cccs3)n(-c3ccc(F)cc3)n2)c(=O)n(C)c1=O. The Morgan fingerprint density at radius 3 is 2.47 bits per heavy atom. The minimum atomic E-state index is -1.02. The summed E-state index contributed by atoms with van der Waals surface area (Å²) in [4.78, 5) is 54.4. The molecule has 3 heterocycles. The van der Waals surface area contributed by atoms with Crippen molar-refractivity contribution in [3.05, 3.63) is 79.8 Å². The Morgan fingerprint density at radius 2 is 1.82 bits per heavy atom. The van der Waals surface area contributed by atoms with Gasteiger partial charge in [-0.05, 0) is 35.7 Å². The Morgan fingerprint density at radius 1 is 1.12 bits per heavy atom. The van der Waals surface area contributed by atoms with Crippen molar-refractivity contribution >= 4 is 28.9 Å². The number of carbonyl (C=O) groups excluding carboxylic acids is 2. The van der Waals surface area contributed by atoms with E-state index in [9.17, 15) is 23.6 Å². The number of esters is 1. The first kappa shape index (κ1) is 22.8. The molecule has 0 saturated carbocycles. The van der Waals surface area contributed by atoms with E-state index in [-0.39, 0.29) is 11.6 Å². The van der Waals surface area contributed by atoms with E-state index in [0.717, 1.165) is 9.13 Å². The molecule has 4 aromatic rings. The molecule has 0 bridgehead atoms. The Balaban J connectivity index is 1.62. The summed E-state index contributed by atoms with van der Waals surface area (Å²) in [7, 11) is 2.50. The maximum atomic E-state index is 13.4. The number of Topliss-reactive ketones (excluding diaryl/α,β-unsaturated/α-hetero) is 1. The molecule has 1 aromatic carbocycles. The predicted octanol–water partition coefficient (Wildman–Crippen LogP) is 1.15. The van der Waals surface area contributed by atoms with Crippen molar-refractivity contribution < 1.29 is 18.7 Å². The van der Waals surface area contributed by atoms with Crippen LogP contribution in [0.25, 0.3) is 16.4 Å². The molecule has 3 aromatic heterocycles. The van der Waals surface area contributed by atoms with Gasteiger partial charge < -0.3 is 10.5 Å². The van der Waals surface area contributed by atoms with Crippen LogP contribution in [0, 0.1) is 5.82 Å². The fraction of sp³-hybridized carbons (Fsp3) is 0.143. The third kappa shape index (κ3) is 4.03. The second-order valence-corrected chi connectivity index (χ2v) is 8.04. The van der Waals surface area contributed by atoms with Crippen LogP contribution in [0.15, 0.2) is 51.4 Å². The highest BCUT2D eigenvalue weighted by Crippen LogP contribution is 2.26. The average Bonchev–Trinajstić information content (AvgIpc) is 3.51. The Bertz CT molecular complexity index is 1520. The zero-order chi connectivity index (χ0) is 24.6. The predicted molar refractivity (Wildman–Crippen MR) is 121 cm³/mol. The van der Waals surface area contributed by atoms with Gasteiger partial charge in [-0.1, -0.05) is 6.07 Å². The second-order valence-electron chi connectivity index (χ2n) is 7.09. The molecule has 0 saturated heterocycles. The topological polar surface area (TPSA) is 144 Å². The molecule has 0 fully saturated rings. The summed E-state index contributed by atoms with van der Waals surface area (Å²) in [5, 5.41) is 5.97. The molecular formula is C21H17FN6O5S. The highest BCUT2D eigenvalue weighted by molar-refractivity contribution is 7.13. The molecule has 0 aliphatic rings. The summed E-state index contributed by atoms with van der Waals surface area (Å²) < 4.78 is 21.4. The van der Waals surface area contributed by atoms with Crippen molar-refractivity contribution in [3.8, 4) is 16.4 Å². The van der Waals surface area contributed by atoms with Crippen molar-refractivity contribution in [1.29, 1.82) is 0 Å². The third-order valence-electron chi connectivity index (χ3n) is 4.93. The normalized spacial score (nSPS) is 10.9. The van der Waals surface area contributed by atoms with Gasteiger partial charge in [-0.15, -0.1) is 16.4 Å². The van der Waals surface area contributed by atoms with Gasteiger partial charge in [0.1, 0.15) is 17.2 Å². The molecule has 0 amide bonds. The Labute approximate surface area is 194 Å². The van der Waals surface area contributed by atoms with Gasteiger partial charge in [0.15, 0.2) is 12.4 Å². The van der Waals surface area contributed by atoms with E-state index in [0.29, 0.717) is 16.4 Å². The van der Waals surface area contributed by atoms with Crippen molar-refractivity contribution in [3.63, 3.8) is 0 Å². The van der Waals surface area contributed by atoms with Crippen molar-refractivity contribution in [2.24, 2.45) is 14.1 Å².